The van der Waals surface area contributed by atoms with Crippen molar-refractivity contribution in [3.63, 3.8) is 0 Å². The molecule has 1 amide bonds. The third kappa shape index (κ3) is 3.80. The number of ether oxygens (including phenoxy) is 2. The number of hydrogen-bond donors (Lipinski definition) is 0. The fourth-order valence-electron chi connectivity index (χ4n) is 2.66. The summed E-state index contributed by atoms with van der Waals surface area (Å²) in [6.45, 7) is 4.73. The second-order valence-electron chi connectivity index (χ2n) is 5.77. The first kappa shape index (κ1) is 18.9. The van der Waals surface area contributed by atoms with Gasteiger partial charge in [-0.1, -0.05) is 17.7 Å². The highest BCUT2D eigenvalue weighted by Gasteiger charge is 2.29. The second-order valence-corrected chi connectivity index (χ2v) is 6.18. The third-order valence-corrected chi connectivity index (χ3v) is 4.47. The Bertz CT molecular complexity index is 917. The van der Waals surface area contributed by atoms with Crippen molar-refractivity contribution >= 4 is 29.6 Å². The van der Waals surface area contributed by atoms with Crippen molar-refractivity contribution in [2.24, 2.45) is 0 Å². The number of carbonyl (C=O) groups is 2. The minimum absolute atomic E-state index is 0.0516. The molecule has 5 nitrogen and oxygen atoms in total. The molecule has 27 heavy (non-hydrogen) atoms. The average Bonchev–Trinajstić information content (AvgIpc) is 2.94. The lowest BCUT2D eigenvalue weighted by Gasteiger charge is -2.17. The number of amides is 1. The van der Waals surface area contributed by atoms with Gasteiger partial charge in [0.15, 0.2) is 5.76 Å². The number of ketones is 1. The van der Waals surface area contributed by atoms with Crippen LogP contribution in [0.5, 0.6) is 11.5 Å². The average molecular weight is 390 g/mol. The van der Waals surface area contributed by atoms with Crippen molar-refractivity contribution in [1.29, 1.82) is 0 Å². The van der Waals surface area contributed by atoms with E-state index in [9.17, 15) is 14.0 Å². The van der Waals surface area contributed by atoms with Gasteiger partial charge in [0.25, 0.3) is 0 Å². The van der Waals surface area contributed by atoms with E-state index >= 15 is 0 Å². The topological polar surface area (TPSA) is 55.8 Å². The molecule has 140 valence electrons. The number of allylic oxidation sites excluding steroid dienone is 1. The molecular weight excluding hydrogens is 373 g/mol. The zero-order valence-electron chi connectivity index (χ0n) is 14.8. The predicted molar refractivity (Wildman–Crippen MR) is 99.7 cm³/mol. The summed E-state index contributed by atoms with van der Waals surface area (Å²) in [5, 5.41) is 0.170. The smallest absolute Gasteiger partial charge is 0.415 e. The monoisotopic (exact) mass is 389 g/mol. The van der Waals surface area contributed by atoms with Gasteiger partial charge in [-0.15, -0.1) is 0 Å². The van der Waals surface area contributed by atoms with Gasteiger partial charge in [-0.05, 0) is 44.2 Å². The summed E-state index contributed by atoms with van der Waals surface area (Å²) in [6.07, 6.45) is 0.778. The predicted octanol–water partition coefficient (Wildman–Crippen LogP) is 4.94. The molecular formula is C20H17ClFNO4. The summed E-state index contributed by atoms with van der Waals surface area (Å²) >= 11 is 5.99. The van der Waals surface area contributed by atoms with Crippen molar-refractivity contribution in [2.45, 2.75) is 13.8 Å². The van der Waals surface area contributed by atoms with Crippen LogP contribution in [0, 0.1) is 5.82 Å². The van der Waals surface area contributed by atoms with Crippen LogP contribution in [0.4, 0.5) is 9.18 Å². The first-order valence-electron chi connectivity index (χ1n) is 8.43. The SMILES string of the molecule is CCN(CC)C(=O)Oc1ccc2c(c1)O/C(=C\c1c(F)cccc1Cl)C2=O. The van der Waals surface area contributed by atoms with Crippen LogP contribution in [0.1, 0.15) is 29.8 Å². The molecule has 1 aliphatic heterocycles. The first-order chi connectivity index (χ1) is 12.9. The summed E-state index contributed by atoms with van der Waals surface area (Å²) in [5.74, 6) is -0.515. The normalized spacial score (nSPS) is 14.1. The molecule has 0 N–H and O–H groups in total. The Morgan fingerprint density at radius 3 is 2.67 bits per heavy atom. The van der Waals surface area contributed by atoms with Crippen molar-refractivity contribution in [3.8, 4) is 11.5 Å². The second kappa shape index (κ2) is 7.80. The molecule has 2 aromatic rings. The summed E-state index contributed by atoms with van der Waals surface area (Å²) < 4.78 is 24.8. The molecule has 0 saturated carbocycles. The maximum Gasteiger partial charge on any atom is 0.415 e. The summed E-state index contributed by atoms with van der Waals surface area (Å²) in [6, 6.07) is 8.72. The van der Waals surface area contributed by atoms with E-state index in [2.05, 4.69) is 0 Å². The van der Waals surface area contributed by atoms with Crippen molar-refractivity contribution in [2.75, 3.05) is 13.1 Å². The molecule has 0 bridgehead atoms. The van der Waals surface area contributed by atoms with E-state index in [1.54, 1.807) is 0 Å². The highest BCUT2D eigenvalue weighted by molar-refractivity contribution is 6.32. The molecule has 0 spiro atoms. The number of fused-ring (bicyclic) bond motifs is 1. The van der Waals surface area contributed by atoms with E-state index in [0.717, 1.165) is 0 Å². The van der Waals surface area contributed by atoms with Crippen LogP contribution < -0.4 is 9.47 Å². The lowest BCUT2D eigenvalue weighted by atomic mass is 10.1. The molecule has 1 aliphatic rings. The molecule has 0 aliphatic carbocycles. The number of carbonyl (C=O) groups excluding carboxylic acids is 2. The highest BCUT2D eigenvalue weighted by Crippen LogP contribution is 2.36. The zero-order chi connectivity index (χ0) is 19.6. The Kier molecular flexibility index (Phi) is 5.46. The van der Waals surface area contributed by atoms with Gasteiger partial charge in [-0.25, -0.2) is 9.18 Å². The van der Waals surface area contributed by atoms with Gasteiger partial charge in [0.05, 0.1) is 10.6 Å². The Morgan fingerprint density at radius 1 is 1.26 bits per heavy atom. The maximum absolute atomic E-state index is 14.0. The van der Waals surface area contributed by atoms with Gasteiger partial charge in [-0.2, -0.15) is 0 Å². The highest BCUT2D eigenvalue weighted by atomic mass is 35.5. The van der Waals surface area contributed by atoms with Gasteiger partial charge in [0.2, 0.25) is 5.78 Å². The van der Waals surface area contributed by atoms with Crippen LogP contribution in [0.25, 0.3) is 6.08 Å². The number of rotatable bonds is 4. The third-order valence-electron chi connectivity index (χ3n) is 4.14. The van der Waals surface area contributed by atoms with Gasteiger partial charge >= 0.3 is 6.09 Å². The van der Waals surface area contributed by atoms with Crippen LogP contribution in [0.15, 0.2) is 42.2 Å². The number of Topliss-reactive ketones (excluding diaryl/α,β-unsaturated/α-hetero) is 1. The quantitative estimate of drug-likeness (QED) is 0.695. The van der Waals surface area contributed by atoms with E-state index < -0.39 is 17.7 Å². The molecule has 0 unspecified atom stereocenters. The molecule has 2 aromatic carbocycles. The van der Waals surface area contributed by atoms with Crippen LogP contribution in [0.3, 0.4) is 0 Å². The number of nitrogens with zero attached hydrogens (tertiary/aromatic N) is 1. The number of hydrogen-bond acceptors (Lipinski definition) is 4. The van der Waals surface area contributed by atoms with E-state index in [1.165, 1.54) is 47.4 Å². The van der Waals surface area contributed by atoms with Gasteiger partial charge < -0.3 is 14.4 Å². The number of benzene rings is 2. The van der Waals surface area contributed by atoms with Crippen LogP contribution in [-0.4, -0.2) is 29.9 Å². The van der Waals surface area contributed by atoms with Crippen LogP contribution in [0.2, 0.25) is 5.02 Å². The van der Waals surface area contributed by atoms with E-state index in [1.807, 2.05) is 13.8 Å². The fraction of sp³-hybridized carbons (Fsp3) is 0.200. The Labute approximate surface area is 160 Å². The standard InChI is InChI=1S/C20H17ClFNO4/c1-3-23(4-2)20(25)26-12-8-9-13-17(10-12)27-18(19(13)24)11-14-15(21)6-5-7-16(14)22/h5-11H,3-4H2,1-2H3/b18-11-. The lowest BCUT2D eigenvalue weighted by molar-refractivity contribution is 0.101. The summed E-state index contributed by atoms with van der Waals surface area (Å²) in [4.78, 5) is 26.0. The minimum atomic E-state index is -0.559. The molecule has 0 aromatic heterocycles. The molecule has 0 fully saturated rings. The first-order valence-corrected chi connectivity index (χ1v) is 8.81. The Hall–Kier alpha value is -2.86. The number of halogens is 2. The summed E-state index contributed by atoms with van der Waals surface area (Å²) in [7, 11) is 0. The lowest BCUT2D eigenvalue weighted by Crippen LogP contribution is -2.33. The van der Waals surface area contributed by atoms with Gasteiger partial charge in [-0.3, -0.25) is 4.79 Å². The Morgan fingerprint density at radius 2 is 2.00 bits per heavy atom. The maximum atomic E-state index is 14.0. The van der Waals surface area contributed by atoms with Gasteiger partial charge in [0.1, 0.15) is 17.3 Å². The van der Waals surface area contributed by atoms with Gasteiger partial charge in [0, 0.05) is 24.7 Å². The molecule has 3 rings (SSSR count). The van der Waals surface area contributed by atoms with Crippen molar-refractivity contribution < 1.29 is 23.5 Å². The zero-order valence-corrected chi connectivity index (χ0v) is 15.5. The van der Waals surface area contributed by atoms with Crippen molar-refractivity contribution in [3.05, 3.63) is 64.1 Å². The largest absolute Gasteiger partial charge is 0.452 e. The fourth-order valence-corrected chi connectivity index (χ4v) is 2.88. The molecule has 0 saturated heterocycles. The van der Waals surface area contributed by atoms with Crippen molar-refractivity contribution in [1.82, 2.24) is 4.90 Å². The van der Waals surface area contributed by atoms with Crippen LogP contribution in [-0.2, 0) is 0 Å². The molecule has 0 radical (unpaired) electrons. The van der Waals surface area contributed by atoms with E-state index in [0.29, 0.717) is 18.7 Å². The summed E-state index contributed by atoms with van der Waals surface area (Å²) in [5.41, 5.74) is 0.375. The van der Waals surface area contributed by atoms with E-state index in [-0.39, 0.29) is 27.8 Å². The molecule has 0 atom stereocenters. The Balaban J connectivity index is 1.85. The molecule has 7 heteroatoms. The molecule has 1 heterocycles. The van der Waals surface area contributed by atoms with E-state index in [4.69, 9.17) is 21.1 Å². The minimum Gasteiger partial charge on any atom is -0.452 e. The van der Waals surface area contributed by atoms with Crippen LogP contribution >= 0.6 is 11.6 Å².